The van der Waals surface area contributed by atoms with Gasteiger partial charge in [0.25, 0.3) is 0 Å². The molecule has 2 aromatic carbocycles. The lowest BCUT2D eigenvalue weighted by Crippen LogP contribution is -2.11. The van der Waals surface area contributed by atoms with Crippen molar-refractivity contribution in [3.8, 4) is 5.69 Å². The lowest BCUT2D eigenvalue weighted by atomic mass is 10.1. The molecule has 3 aromatic rings. The summed E-state index contributed by atoms with van der Waals surface area (Å²) in [5, 5.41) is 20.3. The Kier molecular flexibility index (Phi) is 5.35. The standard InChI is InChI=1S/C17H15ClN4O2S/c1-12-19-20-17(22(12)15-5-3-2-4-6-15)25-16(11-21(23)24)13-7-9-14(18)10-8-13/h2-10,16H,11H2,1H3/t16-/m1/s1. The molecule has 0 spiro atoms. The molecule has 0 amide bonds. The lowest BCUT2D eigenvalue weighted by molar-refractivity contribution is -0.479. The van der Waals surface area contributed by atoms with Crippen LogP contribution in [0.1, 0.15) is 16.6 Å². The summed E-state index contributed by atoms with van der Waals surface area (Å²) >= 11 is 7.25. The average molecular weight is 375 g/mol. The summed E-state index contributed by atoms with van der Waals surface area (Å²) in [7, 11) is 0. The third kappa shape index (κ3) is 4.18. The first kappa shape index (κ1) is 17.4. The van der Waals surface area contributed by atoms with Gasteiger partial charge in [-0.2, -0.15) is 0 Å². The van der Waals surface area contributed by atoms with Crippen molar-refractivity contribution >= 4 is 23.4 Å². The van der Waals surface area contributed by atoms with E-state index in [1.54, 1.807) is 24.3 Å². The monoisotopic (exact) mass is 374 g/mol. The molecule has 8 heteroatoms. The first-order valence-electron chi connectivity index (χ1n) is 7.56. The zero-order valence-electron chi connectivity index (χ0n) is 13.4. The molecule has 0 fully saturated rings. The Hall–Kier alpha value is -2.38. The van der Waals surface area contributed by atoms with Crippen LogP contribution < -0.4 is 0 Å². The summed E-state index contributed by atoms with van der Waals surface area (Å²) < 4.78 is 1.90. The molecular formula is C17H15ClN4O2S. The van der Waals surface area contributed by atoms with E-state index in [9.17, 15) is 10.1 Å². The normalized spacial score (nSPS) is 12.1. The fraction of sp³-hybridized carbons (Fsp3) is 0.176. The number of para-hydroxylation sites is 1. The Labute approximate surface area is 154 Å². The second-order valence-electron chi connectivity index (χ2n) is 5.37. The number of aryl methyl sites for hydroxylation is 1. The Bertz CT molecular complexity index is 868. The van der Waals surface area contributed by atoms with Gasteiger partial charge in [-0.3, -0.25) is 14.7 Å². The van der Waals surface area contributed by atoms with Crippen molar-refractivity contribution in [2.75, 3.05) is 6.54 Å². The summed E-state index contributed by atoms with van der Waals surface area (Å²) in [6.45, 7) is 1.64. The summed E-state index contributed by atoms with van der Waals surface area (Å²) in [6.07, 6.45) is 0. The first-order chi connectivity index (χ1) is 12.0. The van der Waals surface area contributed by atoms with Crippen LogP contribution in [0.4, 0.5) is 0 Å². The molecule has 1 heterocycles. The molecule has 0 saturated carbocycles. The van der Waals surface area contributed by atoms with E-state index in [0.717, 1.165) is 17.1 Å². The molecule has 1 aromatic heterocycles. The van der Waals surface area contributed by atoms with Gasteiger partial charge < -0.3 is 0 Å². The number of hydrogen-bond acceptors (Lipinski definition) is 5. The number of rotatable bonds is 6. The SMILES string of the molecule is Cc1nnc(S[C@H](C[N+](=O)[O-])c2ccc(Cl)cc2)n1-c1ccccc1. The number of nitrogens with zero attached hydrogens (tertiary/aromatic N) is 4. The topological polar surface area (TPSA) is 73.8 Å². The number of thioether (sulfide) groups is 1. The van der Waals surface area contributed by atoms with E-state index >= 15 is 0 Å². The summed E-state index contributed by atoms with van der Waals surface area (Å²) in [4.78, 5) is 10.8. The number of aromatic nitrogens is 3. The fourth-order valence-electron chi connectivity index (χ4n) is 2.44. The highest BCUT2D eigenvalue weighted by atomic mass is 35.5. The van der Waals surface area contributed by atoms with E-state index in [0.29, 0.717) is 10.2 Å². The molecule has 0 radical (unpaired) electrons. The van der Waals surface area contributed by atoms with Gasteiger partial charge in [-0.25, -0.2) is 0 Å². The predicted octanol–water partition coefficient (Wildman–Crippen LogP) is 4.34. The van der Waals surface area contributed by atoms with Crippen molar-refractivity contribution in [2.45, 2.75) is 17.3 Å². The van der Waals surface area contributed by atoms with Gasteiger partial charge in [-0.15, -0.1) is 10.2 Å². The third-order valence-corrected chi connectivity index (χ3v) is 5.05. The number of nitro groups is 1. The zero-order valence-corrected chi connectivity index (χ0v) is 14.9. The summed E-state index contributed by atoms with van der Waals surface area (Å²) in [5.74, 6) is 0.727. The van der Waals surface area contributed by atoms with Gasteiger partial charge in [-0.1, -0.05) is 53.7 Å². The van der Waals surface area contributed by atoms with Crippen LogP contribution in [0.5, 0.6) is 0 Å². The largest absolute Gasteiger partial charge is 0.274 e. The smallest absolute Gasteiger partial charge is 0.220 e. The molecule has 0 bridgehead atoms. The second kappa shape index (κ2) is 7.67. The van der Waals surface area contributed by atoms with Gasteiger partial charge in [0, 0.05) is 15.6 Å². The van der Waals surface area contributed by atoms with Crippen LogP contribution in [-0.4, -0.2) is 26.2 Å². The van der Waals surface area contributed by atoms with E-state index in [4.69, 9.17) is 11.6 Å². The Morgan fingerprint density at radius 2 is 1.84 bits per heavy atom. The van der Waals surface area contributed by atoms with Crippen molar-refractivity contribution in [2.24, 2.45) is 0 Å². The third-order valence-electron chi connectivity index (χ3n) is 3.61. The molecule has 1 atom stereocenters. The molecule has 0 N–H and O–H groups in total. The zero-order chi connectivity index (χ0) is 17.8. The van der Waals surface area contributed by atoms with Crippen LogP contribution in [0.2, 0.25) is 5.02 Å². The van der Waals surface area contributed by atoms with Crippen molar-refractivity contribution in [3.05, 3.63) is 81.1 Å². The average Bonchev–Trinajstić information content (AvgIpc) is 2.96. The fourth-order valence-corrected chi connectivity index (χ4v) is 3.75. The highest BCUT2D eigenvalue weighted by Gasteiger charge is 2.23. The number of hydrogen-bond donors (Lipinski definition) is 0. The molecule has 0 aliphatic carbocycles. The maximum Gasteiger partial charge on any atom is 0.220 e. The molecule has 0 unspecified atom stereocenters. The minimum absolute atomic E-state index is 0.215. The maximum atomic E-state index is 11.1. The minimum Gasteiger partial charge on any atom is -0.274 e. The molecule has 25 heavy (non-hydrogen) atoms. The van der Waals surface area contributed by atoms with Gasteiger partial charge in [0.2, 0.25) is 6.54 Å². The van der Waals surface area contributed by atoms with Crippen LogP contribution >= 0.6 is 23.4 Å². The molecule has 0 aliphatic rings. The minimum atomic E-state index is -0.390. The lowest BCUT2D eigenvalue weighted by Gasteiger charge is -2.14. The summed E-state index contributed by atoms with van der Waals surface area (Å²) in [5.41, 5.74) is 1.75. The van der Waals surface area contributed by atoms with E-state index in [2.05, 4.69) is 10.2 Å². The highest BCUT2D eigenvalue weighted by molar-refractivity contribution is 7.99. The Morgan fingerprint density at radius 1 is 1.16 bits per heavy atom. The molecule has 0 aliphatic heterocycles. The number of benzene rings is 2. The predicted molar refractivity (Wildman–Crippen MR) is 98.0 cm³/mol. The van der Waals surface area contributed by atoms with Gasteiger partial charge in [-0.05, 0) is 36.8 Å². The molecule has 6 nitrogen and oxygen atoms in total. The Morgan fingerprint density at radius 3 is 2.48 bits per heavy atom. The van der Waals surface area contributed by atoms with Crippen LogP contribution in [-0.2, 0) is 0 Å². The van der Waals surface area contributed by atoms with E-state index in [-0.39, 0.29) is 11.5 Å². The van der Waals surface area contributed by atoms with Gasteiger partial charge in [0.15, 0.2) is 5.16 Å². The van der Waals surface area contributed by atoms with Crippen molar-refractivity contribution in [3.63, 3.8) is 0 Å². The molecule has 0 saturated heterocycles. The molecular weight excluding hydrogens is 360 g/mol. The van der Waals surface area contributed by atoms with Crippen LogP contribution in [0.3, 0.4) is 0 Å². The highest BCUT2D eigenvalue weighted by Crippen LogP contribution is 2.36. The number of halogens is 1. The molecule has 3 rings (SSSR count). The van der Waals surface area contributed by atoms with Gasteiger partial charge in [0.1, 0.15) is 11.1 Å². The van der Waals surface area contributed by atoms with E-state index in [1.807, 2.05) is 41.8 Å². The molecule has 128 valence electrons. The maximum absolute atomic E-state index is 11.1. The van der Waals surface area contributed by atoms with E-state index < -0.39 is 5.25 Å². The Balaban J connectivity index is 1.95. The van der Waals surface area contributed by atoms with Crippen molar-refractivity contribution < 1.29 is 4.92 Å². The van der Waals surface area contributed by atoms with Crippen LogP contribution in [0.15, 0.2) is 59.8 Å². The van der Waals surface area contributed by atoms with Crippen molar-refractivity contribution in [1.29, 1.82) is 0 Å². The second-order valence-corrected chi connectivity index (χ2v) is 6.98. The quantitative estimate of drug-likeness (QED) is 0.364. The van der Waals surface area contributed by atoms with Crippen LogP contribution in [0.25, 0.3) is 5.69 Å². The summed E-state index contributed by atoms with van der Waals surface area (Å²) in [6, 6.07) is 16.8. The van der Waals surface area contributed by atoms with Gasteiger partial charge in [0.05, 0.1) is 0 Å². The van der Waals surface area contributed by atoms with Gasteiger partial charge >= 0.3 is 0 Å². The van der Waals surface area contributed by atoms with Crippen molar-refractivity contribution in [1.82, 2.24) is 14.8 Å². The van der Waals surface area contributed by atoms with Crippen LogP contribution in [0, 0.1) is 17.0 Å². The first-order valence-corrected chi connectivity index (χ1v) is 8.81. The van der Waals surface area contributed by atoms with E-state index in [1.165, 1.54) is 11.8 Å².